The summed E-state index contributed by atoms with van der Waals surface area (Å²) in [5.74, 6) is -0.873. The fraction of sp³-hybridized carbons (Fsp3) is 0.795. The Morgan fingerprint density at radius 1 is 0.612 bits per heavy atom. The zero-order valence-corrected chi connectivity index (χ0v) is 32.1. The van der Waals surface area contributed by atoms with Crippen molar-refractivity contribution < 1.29 is 37.6 Å². The topological polar surface area (TPSA) is 134 Å². The SMILES string of the molecule is CCCCC/C=C/C/C=C/C/C=C/CCCCC(=O)O[C@H](COC(=O)CCCCCCCCCCCCCCC)COP(=O)(O)OCCN. The molecule has 0 rings (SSSR count). The summed E-state index contributed by atoms with van der Waals surface area (Å²) in [5.41, 5.74) is 5.33. The highest BCUT2D eigenvalue weighted by molar-refractivity contribution is 7.47. The Morgan fingerprint density at radius 2 is 1.06 bits per heavy atom. The Hall–Kier alpha value is -1.77. The summed E-state index contributed by atoms with van der Waals surface area (Å²) in [5, 5.41) is 0. The van der Waals surface area contributed by atoms with Gasteiger partial charge in [0, 0.05) is 19.4 Å². The molecule has 10 heteroatoms. The molecule has 0 heterocycles. The van der Waals surface area contributed by atoms with E-state index in [1.54, 1.807) is 0 Å². The quantitative estimate of drug-likeness (QED) is 0.0281. The van der Waals surface area contributed by atoms with Crippen LogP contribution in [-0.4, -0.2) is 49.3 Å². The highest BCUT2D eigenvalue weighted by Crippen LogP contribution is 2.43. The van der Waals surface area contributed by atoms with Crippen molar-refractivity contribution >= 4 is 19.8 Å². The first-order valence-electron chi connectivity index (χ1n) is 19.5. The van der Waals surface area contributed by atoms with Crippen molar-refractivity contribution in [2.75, 3.05) is 26.4 Å². The highest BCUT2D eigenvalue weighted by Gasteiger charge is 2.25. The molecule has 0 aliphatic carbocycles. The minimum absolute atomic E-state index is 0.0475. The summed E-state index contributed by atoms with van der Waals surface area (Å²) >= 11 is 0. The summed E-state index contributed by atoms with van der Waals surface area (Å²) in [6.45, 7) is 3.65. The van der Waals surface area contributed by atoms with Crippen LogP contribution in [0.4, 0.5) is 0 Å². The van der Waals surface area contributed by atoms with Crippen LogP contribution in [0.5, 0.6) is 0 Å². The number of esters is 2. The second-order valence-electron chi connectivity index (χ2n) is 12.8. The third-order valence-corrected chi connectivity index (χ3v) is 9.01. The van der Waals surface area contributed by atoms with E-state index in [-0.39, 0.29) is 32.6 Å². The lowest BCUT2D eigenvalue weighted by Gasteiger charge is -2.19. The van der Waals surface area contributed by atoms with Gasteiger partial charge in [-0.1, -0.05) is 140 Å². The molecular formula is C39H72NO8P. The second-order valence-corrected chi connectivity index (χ2v) is 14.3. The number of allylic oxidation sites excluding steroid dienone is 6. The van der Waals surface area contributed by atoms with Crippen LogP contribution in [0, 0.1) is 0 Å². The van der Waals surface area contributed by atoms with E-state index in [1.165, 1.54) is 83.5 Å². The van der Waals surface area contributed by atoms with Crippen LogP contribution in [0.2, 0.25) is 0 Å². The van der Waals surface area contributed by atoms with Crippen molar-refractivity contribution in [3.8, 4) is 0 Å². The molecule has 3 N–H and O–H groups in total. The molecule has 0 amide bonds. The Kier molecular flexibility index (Phi) is 34.7. The van der Waals surface area contributed by atoms with Crippen LogP contribution in [0.25, 0.3) is 0 Å². The lowest BCUT2D eigenvalue weighted by atomic mass is 10.0. The van der Waals surface area contributed by atoms with Gasteiger partial charge in [0.25, 0.3) is 0 Å². The van der Waals surface area contributed by atoms with Crippen LogP contribution >= 0.6 is 7.82 Å². The minimum Gasteiger partial charge on any atom is -0.462 e. The van der Waals surface area contributed by atoms with Gasteiger partial charge in [-0.2, -0.15) is 0 Å². The molecule has 2 atom stereocenters. The molecule has 0 aliphatic heterocycles. The van der Waals surface area contributed by atoms with Crippen molar-refractivity contribution in [3.05, 3.63) is 36.5 Å². The molecule has 0 aromatic rings. The number of unbranched alkanes of at least 4 members (excludes halogenated alkanes) is 17. The summed E-state index contributed by atoms with van der Waals surface area (Å²) < 4.78 is 32.6. The van der Waals surface area contributed by atoms with E-state index in [9.17, 15) is 19.0 Å². The predicted octanol–water partition coefficient (Wildman–Crippen LogP) is 10.6. The van der Waals surface area contributed by atoms with Crippen molar-refractivity contribution in [1.29, 1.82) is 0 Å². The van der Waals surface area contributed by atoms with Crippen LogP contribution in [-0.2, 0) is 32.7 Å². The van der Waals surface area contributed by atoms with E-state index in [2.05, 4.69) is 50.3 Å². The average molecular weight is 714 g/mol. The van der Waals surface area contributed by atoms with Gasteiger partial charge in [0.1, 0.15) is 6.61 Å². The fourth-order valence-electron chi connectivity index (χ4n) is 5.11. The summed E-state index contributed by atoms with van der Waals surface area (Å²) in [4.78, 5) is 34.7. The number of hydrogen-bond donors (Lipinski definition) is 2. The van der Waals surface area contributed by atoms with Crippen LogP contribution in [0.1, 0.15) is 168 Å². The summed E-state index contributed by atoms with van der Waals surface area (Å²) in [6, 6.07) is 0. The van der Waals surface area contributed by atoms with Gasteiger partial charge in [0.05, 0.1) is 13.2 Å². The molecule has 286 valence electrons. The van der Waals surface area contributed by atoms with Gasteiger partial charge in [0.15, 0.2) is 6.10 Å². The van der Waals surface area contributed by atoms with Gasteiger partial charge in [0.2, 0.25) is 0 Å². The maximum atomic E-state index is 12.5. The molecule has 9 nitrogen and oxygen atoms in total. The van der Waals surface area contributed by atoms with Gasteiger partial charge in [-0.25, -0.2) is 4.57 Å². The number of carbonyl (C=O) groups excluding carboxylic acids is 2. The van der Waals surface area contributed by atoms with Crippen LogP contribution < -0.4 is 5.73 Å². The number of phosphoric acid groups is 1. The van der Waals surface area contributed by atoms with Gasteiger partial charge < -0.3 is 20.1 Å². The first-order chi connectivity index (χ1) is 23.8. The van der Waals surface area contributed by atoms with Gasteiger partial charge in [-0.05, 0) is 51.4 Å². The van der Waals surface area contributed by atoms with Crippen molar-refractivity contribution in [2.24, 2.45) is 5.73 Å². The lowest BCUT2D eigenvalue weighted by Crippen LogP contribution is -2.29. The first-order valence-corrected chi connectivity index (χ1v) is 21.0. The van der Waals surface area contributed by atoms with E-state index < -0.39 is 32.5 Å². The largest absolute Gasteiger partial charge is 0.472 e. The lowest BCUT2D eigenvalue weighted by molar-refractivity contribution is -0.161. The van der Waals surface area contributed by atoms with Crippen LogP contribution in [0.3, 0.4) is 0 Å². The van der Waals surface area contributed by atoms with Crippen molar-refractivity contribution in [2.45, 2.75) is 174 Å². The smallest absolute Gasteiger partial charge is 0.462 e. The molecule has 0 aromatic carbocycles. The maximum absolute atomic E-state index is 12.5. The van der Waals surface area contributed by atoms with E-state index in [0.717, 1.165) is 51.4 Å². The molecule has 0 bridgehead atoms. The number of ether oxygens (including phenoxy) is 2. The minimum atomic E-state index is -4.38. The number of phosphoric ester groups is 1. The number of nitrogens with two attached hydrogens (primary N) is 1. The third-order valence-electron chi connectivity index (χ3n) is 8.03. The molecular weight excluding hydrogens is 641 g/mol. The highest BCUT2D eigenvalue weighted by atomic mass is 31.2. The van der Waals surface area contributed by atoms with Crippen molar-refractivity contribution in [3.63, 3.8) is 0 Å². The molecule has 0 aliphatic rings. The molecule has 49 heavy (non-hydrogen) atoms. The Labute approximate surface area is 299 Å². The average Bonchev–Trinajstić information content (AvgIpc) is 3.08. The standard InChI is InChI=1S/C39H72NO8P/c1-3-5-7-9-11-13-15-17-18-20-22-24-26-28-30-32-39(42)48-37(36-47-49(43,44)46-34-33-40)35-45-38(41)31-29-27-25-23-21-19-16-14-12-10-8-6-4-2/h11,13,17-18,22,24,37H,3-10,12,14-16,19-21,23,25-36,40H2,1-2H3,(H,43,44)/b13-11+,18-17+,24-22+/t37-/m1/s1. The van der Waals surface area contributed by atoms with Gasteiger partial charge in [-0.15, -0.1) is 0 Å². The second kappa shape index (κ2) is 36.0. The zero-order chi connectivity index (χ0) is 36.1. The van der Waals surface area contributed by atoms with E-state index in [1.807, 2.05) is 0 Å². The summed E-state index contributed by atoms with van der Waals surface area (Å²) in [6.07, 6.45) is 37.4. The maximum Gasteiger partial charge on any atom is 0.472 e. The molecule has 0 saturated carbocycles. The van der Waals surface area contributed by atoms with Gasteiger partial charge >= 0.3 is 19.8 Å². The molecule has 0 spiro atoms. The monoisotopic (exact) mass is 713 g/mol. The van der Waals surface area contributed by atoms with Crippen LogP contribution in [0.15, 0.2) is 36.5 Å². The molecule has 0 radical (unpaired) electrons. The fourth-order valence-corrected chi connectivity index (χ4v) is 5.88. The van der Waals surface area contributed by atoms with E-state index in [4.69, 9.17) is 24.3 Å². The predicted molar refractivity (Wildman–Crippen MR) is 201 cm³/mol. The zero-order valence-electron chi connectivity index (χ0n) is 31.2. The molecule has 0 fully saturated rings. The van der Waals surface area contributed by atoms with E-state index >= 15 is 0 Å². The number of rotatable bonds is 36. The Morgan fingerprint density at radius 3 is 1.61 bits per heavy atom. The molecule has 0 aromatic heterocycles. The van der Waals surface area contributed by atoms with Gasteiger partial charge in [-0.3, -0.25) is 18.6 Å². The summed E-state index contributed by atoms with van der Waals surface area (Å²) in [7, 11) is -4.38. The molecule has 0 saturated heterocycles. The van der Waals surface area contributed by atoms with E-state index in [0.29, 0.717) is 6.42 Å². The number of carbonyl (C=O) groups is 2. The molecule has 1 unspecified atom stereocenters. The Balaban J connectivity index is 4.29. The normalized spacial score (nSPS) is 13.8. The number of hydrogen-bond acceptors (Lipinski definition) is 8. The van der Waals surface area contributed by atoms with Crippen molar-refractivity contribution in [1.82, 2.24) is 0 Å². The Bertz CT molecular complexity index is 907. The third kappa shape index (κ3) is 35.8. The first kappa shape index (κ1) is 47.2.